The molecule has 0 bridgehead atoms. The van der Waals surface area contributed by atoms with E-state index in [-0.39, 0.29) is 24.0 Å². The van der Waals surface area contributed by atoms with Crippen LogP contribution in [0, 0.1) is 0 Å². The van der Waals surface area contributed by atoms with E-state index in [2.05, 4.69) is 38.4 Å². The SMILES string of the molecule is CCNC(=NCCCc1nnc2n1CCCCC2)NCCC1=CCCCC1.I. The Bertz CT molecular complexity index is 637. The number of hydrogen-bond donors (Lipinski definition) is 2. The van der Waals surface area contributed by atoms with Crippen LogP contribution in [0.4, 0.5) is 0 Å². The van der Waals surface area contributed by atoms with Crippen molar-refractivity contribution in [2.45, 2.75) is 84.1 Å². The number of rotatable bonds is 8. The number of nitrogens with zero attached hydrogens (tertiary/aromatic N) is 4. The summed E-state index contributed by atoms with van der Waals surface area (Å²) in [5, 5.41) is 15.7. The lowest BCUT2D eigenvalue weighted by atomic mass is 9.97. The molecule has 1 aromatic heterocycles. The number of allylic oxidation sites excluding steroid dienone is 1. The molecule has 7 heteroatoms. The quantitative estimate of drug-likeness (QED) is 0.186. The molecule has 28 heavy (non-hydrogen) atoms. The summed E-state index contributed by atoms with van der Waals surface area (Å²) in [6, 6.07) is 0. The first-order valence-electron chi connectivity index (χ1n) is 11.0. The Balaban J connectivity index is 0.00000280. The molecule has 2 aliphatic rings. The Labute approximate surface area is 187 Å². The van der Waals surface area contributed by atoms with E-state index in [9.17, 15) is 0 Å². The number of nitrogens with one attached hydrogen (secondary N) is 2. The van der Waals surface area contributed by atoms with Crippen LogP contribution < -0.4 is 10.6 Å². The highest BCUT2D eigenvalue weighted by Gasteiger charge is 2.14. The van der Waals surface area contributed by atoms with Crippen molar-refractivity contribution >= 4 is 29.9 Å². The van der Waals surface area contributed by atoms with Crippen molar-refractivity contribution in [1.29, 1.82) is 0 Å². The maximum atomic E-state index is 4.74. The van der Waals surface area contributed by atoms with Gasteiger partial charge in [0, 0.05) is 39.0 Å². The van der Waals surface area contributed by atoms with Crippen LogP contribution in [0.15, 0.2) is 16.6 Å². The minimum Gasteiger partial charge on any atom is -0.357 e. The number of hydrogen-bond acceptors (Lipinski definition) is 3. The van der Waals surface area contributed by atoms with Crippen LogP contribution in [0.1, 0.15) is 76.4 Å². The van der Waals surface area contributed by atoms with Crippen LogP contribution in [0.2, 0.25) is 0 Å². The van der Waals surface area contributed by atoms with Gasteiger partial charge in [-0.25, -0.2) is 0 Å². The van der Waals surface area contributed by atoms with Crippen molar-refractivity contribution in [3.8, 4) is 0 Å². The second kappa shape index (κ2) is 13.2. The minimum atomic E-state index is 0. The summed E-state index contributed by atoms with van der Waals surface area (Å²) in [6.45, 7) is 5.88. The normalized spacial score (nSPS) is 17.2. The summed E-state index contributed by atoms with van der Waals surface area (Å²) in [4.78, 5) is 4.74. The molecule has 2 heterocycles. The highest BCUT2D eigenvalue weighted by molar-refractivity contribution is 14.0. The number of guanidine groups is 1. The van der Waals surface area contributed by atoms with Crippen molar-refractivity contribution in [2.75, 3.05) is 19.6 Å². The summed E-state index contributed by atoms with van der Waals surface area (Å²) in [5.41, 5.74) is 1.61. The number of aromatic nitrogens is 3. The van der Waals surface area contributed by atoms with Crippen LogP contribution >= 0.6 is 24.0 Å². The van der Waals surface area contributed by atoms with Gasteiger partial charge in [0.05, 0.1) is 0 Å². The topological polar surface area (TPSA) is 67.1 Å². The molecule has 158 valence electrons. The second-order valence-corrected chi connectivity index (χ2v) is 7.64. The highest BCUT2D eigenvalue weighted by atomic mass is 127. The maximum Gasteiger partial charge on any atom is 0.191 e. The summed E-state index contributed by atoms with van der Waals surface area (Å²) in [6.07, 6.45) is 15.7. The van der Waals surface area contributed by atoms with Crippen molar-refractivity contribution < 1.29 is 0 Å². The maximum absolute atomic E-state index is 4.74. The highest BCUT2D eigenvalue weighted by Crippen LogP contribution is 2.19. The van der Waals surface area contributed by atoms with Gasteiger partial charge < -0.3 is 15.2 Å². The third-order valence-corrected chi connectivity index (χ3v) is 5.48. The fourth-order valence-electron chi connectivity index (χ4n) is 3.97. The molecular weight excluding hydrogens is 463 g/mol. The number of fused-ring (bicyclic) bond motifs is 1. The lowest BCUT2D eigenvalue weighted by Gasteiger charge is -2.15. The van der Waals surface area contributed by atoms with E-state index >= 15 is 0 Å². The molecule has 0 radical (unpaired) electrons. The molecule has 0 amide bonds. The predicted molar refractivity (Wildman–Crippen MR) is 126 cm³/mol. The first-order valence-corrected chi connectivity index (χ1v) is 11.0. The summed E-state index contributed by atoms with van der Waals surface area (Å²) >= 11 is 0. The van der Waals surface area contributed by atoms with Crippen molar-refractivity contribution in [3.05, 3.63) is 23.3 Å². The molecule has 0 saturated heterocycles. The molecule has 0 saturated carbocycles. The minimum absolute atomic E-state index is 0. The summed E-state index contributed by atoms with van der Waals surface area (Å²) in [5.74, 6) is 3.26. The molecule has 0 aromatic carbocycles. The predicted octanol–water partition coefficient (Wildman–Crippen LogP) is 4.00. The Morgan fingerprint density at radius 3 is 2.79 bits per heavy atom. The van der Waals surface area contributed by atoms with E-state index in [0.29, 0.717) is 0 Å². The Morgan fingerprint density at radius 2 is 1.96 bits per heavy atom. The van der Waals surface area contributed by atoms with Gasteiger partial charge in [-0.1, -0.05) is 18.1 Å². The van der Waals surface area contributed by atoms with Gasteiger partial charge in [-0.3, -0.25) is 4.99 Å². The van der Waals surface area contributed by atoms with E-state index < -0.39 is 0 Å². The van der Waals surface area contributed by atoms with Crippen LogP contribution in [0.25, 0.3) is 0 Å². The molecule has 1 aliphatic heterocycles. The van der Waals surface area contributed by atoms with Crippen LogP contribution in [0.5, 0.6) is 0 Å². The zero-order valence-electron chi connectivity index (χ0n) is 17.4. The number of aliphatic imine (C=N–C) groups is 1. The van der Waals surface area contributed by atoms with E-state index in [1.165, 1.54) is 50.8 Å². The number of aryl methyl sites for hydroxylation is 2. The first kappa shape index (κ1) is 23.2. The average molecular weight is 500 g/mol. The van der Waals surface area contributed by atoms with Crippen molar-refractivity contribution in [1.82, 2.24) is 25.4 Å². The molecule has 1 aromatic rings. The van der Waals surface area contributed by atoms with E-state index in [1.807, 2.05) is 0 Å². The van der Waals surface area contributed by atoms with Crippen molar-refractivity contribution in [2.24, 2.45) is 4.99 Å². The third kappa shape index (κ3) is 7.37. The Morgan fingerprint density at radius 1 is 1.07 bits per heavy atom. The lowest BCUT2D eigenvalue weighted by Crippen LogP contribution is -2.38. The summed E-state index contributed by atoms with van der Waals surface area (Å²) < 4.78 is 2.35. The molecule has 0 fully saturated rings. The fourth-order valence-corrected chi connectivity index (χ4v) is 3.97. The molecule has 0 spiro atoms. The van der Waals surface area contributed by atoms with Gasteiger partial charge >= 0.3 is 0 Å². The zero-order chi connectivity index (χ0) is 18.7. The molecule has 0 unspecified atom stereocenters. The number of halogens is 1. The smallest absolute Gasteiger partial charge is 0.191 e. The van der Waals surface area contributed by atoms with Gasteiger partial charge in [-0.05, 0) is 58.3 Å². The molecule has 1 aliphatic carbocycles. The van der Waals surface area contributed by atoms with Crippen LogP contribution in [-0.4, -0.2) is 40.4 Å². The first-order chi connectivity index (χ1) is 13.4. The van der Waals surface area contributed by atoms with Gasteiger partial charge in [-0.2, -0.15) is 0 Å². The summed E-state index contributed by atoms with van der Waals surface area (Å²) in [7, 11) is 0. The fraction of sp³-hybridized carbons (Fsp3) is 0.762. The standard InChI is InChI=1S/C21H36N6.HI/c1-2-22-21(24-16-14-18-10-5-3-6-11-18)23-15-9-13-20-26-25-19-12-7-4-8-17-27(19)20;/h10H,2-9,11-17H2,1H3,(H2,22,23,24);1H. The lowest BCUT2D eigenvalue weighted by molar-refractivity contribution is 0.597. The van der Waals surface area contributed by atoms with Gasteiger partial charge in [0.1, 0.15) is 11.6 Å². The van der Waals surface area contributed by atoms with E-state index in [0.717, 1.165) is 63.6 Å². The van der Waals surface area contributed by atoms with Crippen molar-refractivity contribution in [3.63, 3.8) is 0 Å². The van der Waals surface area contributed by atoms with E-state index in [4.69, 9.17) is 4.99 Å². The van der Waals surface area contributed by atoms with Gasteiger partial charge in [0.15, 0.2) is 5.96 Å². The van der Waals surface area contributed by atoms with Crippen LogP contribution in [0.3, 0.4) is 0 Å². The molecular formula is C21H37IN6. The largest absolute Gasteiger partial charge is 0.357 e. The zero-order valence-corrected chi connectivity index (χ0v) is 19.7. The molecule has 2 N–H and O–H groups in total. The van der Waals surface area contributed by atoms with Gasteiger partial charge in [-0.15, -0.1) is 34.2 Å². The Hall–Kier alpha value is -1.12. The Kier molecular flexibility index (Phi) is 10.9. The monoisotopic (exact) mass is 500 g/mol. The second-order valence-electron chi connectivity index (χ2n) is 7.64. The average Bonchev–Trinajstić information content (AvgIpc) is 2.92. The third-order valence-electron chi connectivity index (χ3n) is 5.48. The van der Waals surface area contributed by atoms with Gasteiger partial charge in [0.25, 0.3) is 0 Å². The molecule has 6 nitrogen and oxygen atoms in total. The van der Waals surface area contributed by atoms with E-state index in [1.54, 1.807) is 5.57 Å². The van der Waals surface area contributed by atoms with Gasteiger partial charge in [0.2, 0.25) is 0 Å². The molecule has 0 atom stereocenters. The molecule has 3 rings (SSSR count). The van der Waals surface area contributed by atoms with Crippen LogP contribution in [-0.2, 0) is 19.4 Å².